The van der Waals surface area contributed by atoms with Crippen LogP contribution in [0.15, 0.2) is 24.5 Å². The van der Waals surface area contributed by atoms with Crippen LogP contribution in [-0.2, 0) is 0 Å². The molecule has 1 aromatic carbocycles. The van der Waals surface area contributed by atoms with Crippen molar-refractivity contribution >= 4 is 46.2 Å². The summed E-state index contributed by atoms with van der Waals surface area (Å²) in [5.74, 6) is 1.35. The topological polar surface area (TPSA) is 67.1 Å². The van der Waals surface area contributed by atoms with E-state index in [-0.39, 0.29) is 0 Å². The minimum absolute atomic E-state index is 0.542. The van der Waals surface area contributed by atoms with Gasteiger partial charge in [0.05, 0.1) is 0 Å². The highest BCUT2D eigenvalue weighted by Crippen LogP contribution is 2.31. The zero-order valence-corrected chi connectivity index (χ0v) is 13.5. The number of nitrogen functional groups attached to an aromatic ring is 1. The summed E-state index contributed by atoms with van der Waals surface area (Å²) in [4.78, 5) is 10.8. The minimum atomic E-state index is 0.542. The first kappa shape index (κ1) is 15.2. The summed E-state index contributed by atoms with van der Waals surface area (Å²) in [7, 11) is 0. The third-order valence-corrected chi connectivity index (χ3v) is 4.08. The monoisotopic (exact) mass is 337 g/mol. The second kappa shape index (κ2) is 6.58. The van der Waals surface area contributed by atoms with Crippen LogP contribution in [0.4, 0.5) is 23.0 Å². The summed E-state index contributed by atoms with van der Waals surface area (Å²) in [6.45, 7) is 1.95. The average molecular weight is 338 g/mol. The zero-order valence-electron chi connectivity index (χ0n) is 12.0. The third-order valence-electron chi connectivity index (χ3n) is 3.64. The highest BCUT2D eigenvalue weighted by molar-refractivity contribution is 6.35. The Morgan fingerprint density at radius 3 is 2.36 bits per heavy atom. The van der Waals surface area contributed by atoms with Crippen molar-refractivity contribution in [2.75, 3.05) is 29.0 Å². The van der Waals surface area contributed by atoms with E-state index in [1.54, 1.807) is 18.2 Å². The van der Waals surface area contributed by atoms with Gasteiger partial charge in [-0.2, -0.15) is 0 Å². The van der Waals surface area contributed by atoms with Crippen molar-refractivity contribution in [1.82, 2.24) is 9.97 Å². The molecule has 1 aromatic heterocycles. The largest absolute Gasteiger partial charge is 0.393 e. The maximum Gasteiger partial charge on any atom is 0.159 e. The molecule has 0 spiro atoms. The molecule has 0 aliphatic carbocycles. The van der Waals surface area contributed by atoms with Gasteiger partial charge in [0.15, 0.2) is 11.6 Å². The van der Waals surface area contributed by atoms with Crippen molar-refractivity contribution in [2.24, 2.45) is 0 Å². The Kier molecular flexibility index (Phi) is 4.55. The van der Waals surface area contributed by atoms with E-state index in [0.717, 1.165) is 37.4 Å². The molecule has 0 saturated carbocycles. The fraction of sp³-hybridized carbons (Fsp3) is 0.333. The standard InChI is InChI=1S/C15H17Cl2N5/c16-10-6-11(17)8-12(7-10)21-14-13(18)15(20-9-19-14)22-4-2-1-3-5-22/h6-9H,1-5,18H2,(H,19,20,21). The van der Waals surface area contributed by atoms with E-state index in [4.69, 9.17) is 28.9 Å². The van der Waals surface area contributed by atoms with Crippen LogP contribution >= 0.6 is 23.2 Å². The van der Waals surface area contributed by atoms with E-state index in [1.807, 2.05) is 0 Å². The van der Waals surface area contributed by atoms with Crippen LogP contribution < -0.4 is 16.0 Å². The first-order chi connectivity index (χ1) is 10.6. The number of piperidine rings is 1. The van der Waals surface area contributed by atoms with E-state index in [1.165, 1.54) is 12.7 Å². The van der Waals surface area contributed by atoms with Gasteiger partial charge < -0.3 is 16.0 Å². The molecule has 0 radical (unpaired) electrons. The fourth-order valence-electron chi connectivity index (χ4n) is 2.61. The second-order valence-electron chi connectivity index (χ2n) is 5.29. The first-order valence-electron chi connectivity index (χ1n) is 7.22. The van der Waals surface area contributed by atoms with Crippen molar-refractivity contribution in [2.45, 2.75) is 19.3 Å². The normalized spacial score (nSPS) is 14.9. The minimum Gasteiger partial charge on any atom is -0.393 e. The Bertz CT molecular complexity index is 651. The zero-order chi connectivity index (χ0) is 15.5. The number of aromatic nitrogens is 2. The Hall–Kier alpha value is -1.72. The van der Waals surface area contributed by atoms with Gasteiger partial charge >= 0.3 is 0 Å². The van der Waals surface area contributed by atoms with Gasteiger partial charge in [0.2, 0.25) is 0 Å². The van der Waals surface area contributed by atoms with Crippen molar-refractivity contribution < 1.29 is 0 Å². The van der Waals surface area contributed by atoms with Gasteiger partial charge in [0.25, 0.3) is 0 Å². The predicted molar refractivity (Wildman–Crippen MR) is 92.3 cm³/mol. The highest BCUT2D eigenvalue weighted by Gasteiger charge is 2.17. The number of nitrogens with zero attached hydrogens (tertiary/aromatic N) is 3. The highest BCUT2D eigenvalue weighted by atomic mass is 35.5. The molecule has 3 rings (SSSR count). The number of hydrogen-bond acceptors (Lipinski definition) is 5. The number of anilines is 4. The molecule has 116 valence electrons. The lowest BCUT2D eigenvalue weighted by atomic mass is 10.1. The summed E-state index contributed by atoms with van der Waals surface area (Å²) >= 11 is 12.0. The summed E-state index contributed by atoms with van der Waals surface area (Å²) in [5, 5.41) is 4.27. The molecule has 0 bridgehead atoms. The molecule has 2 aromatic rings. The van der Waals surface area contributed by atoms with Gasteiger partial charge in [0, 0.05) is 28.8 Å². The van der Waals surface area contributed by atoms with Crippen LogP contribution in [0.25, 0.3) is 0 Å². The fourth-order valence-corrected chi connectivity index (χ4v) is 3.13. The number of hydrogen-bond donors (Lipinski definition) is 2. The quantitative estimate of drug-likeness (QED) is 0.882. The number of rotatable bonds is 3. The van der Waals surface area contributed by atoms with Crippen LogP contribution in [0.5, 0.6) is 0 Å². The molecular formula is C15H17Cl2N5. The molecule has 1 fully saturated rings. The van der Waals surface area contributed by atoms with E-state index >= 15 is 0 Å². The Labute approximate surface area is 139 Å². The Morgan fingerprint density at radius 2 is 1.68 bits per heavy atom. The maximum absolute atomic E-state index is 6.24. The molecule has 7 heteroatoms. The van der Waals surface area contributed by atoms with Crippen molar-refractivity contribution in [3.63, 3.8) is 0 Å². The average Bonchev–Trinajstić information content (AvgIpc) is 2.49. The van der Waals surface area contributed by atoms with Crippen molar-refractivity contribution in [1.29, 1.82) is 0 Å². The van der Waals surface area contributed by atoms with Gasteiger partial charge in [-0.05, 0) is 37.5 Å². The summed E-state index contributed by atoms with van der Waals surface area (Å²) < 4.78 is 0. The lowest BCUT2D eigenvalue weighted by Crippen LogP contribution is -2.31. The second-order valence-corrected chi connectivity index (χ2v) is 6.16. The molecule has 5 nitrogen and oxygen atoms in total. The van der Waals surface area contributed by atoms with Crippen molar-refractivity contribution in [3.05, 3.63) is 34.6 Å². The lowest BCUT2D eigenvalue weighted by molar-refractivity contribution is 0.574. The molecule has 1 aliphatic rings. The van der Waals surface area contributed by atoms with Gasteiger partial charge in [-0.25, -0.2) is 9.97 Å². The number of halogens is 2. The number of nitrogens with one attached hydrogen (secondary N) is 1. The maximum atomic E-state index is 6.24. The van der Waals surface area contributed by atoms with Gasteiger partial charge in [-0.3, -0.25) is 0 Å². The molecule has 0 amide bonds. The Morgan fingerprint density at radius 1 is 1.00 bits per heavy atom. The van der Waals surface area contributed by atoms with Gasteiger partial charge in [0.1, 0.15) is 12.0 Å². The van der Waals surface area contributed by atoms with Crippen LogP contribution in [0.2, 0.25) is 10.0 Å². The molecule has 3 N–H and O–H groups in total. The van der Waals surface area contributed by atoms with E-state index < -0.39 is 0 Å². The molecule has 1 saturated heterocycles. The molecular weight excluding hydrogens is 321 g/mol. The van der Waals surface area contributed by atoms with Crippen molar-refractivity contribution in [3.8, 4) is 0 Å². The van der Waals surface area contributed by atoms with Crippen LogP contribution in [0.1, 0.15) is 19.3 Å². The molecule has 2 heterocycles. The first-order valence-corrected chi connectivity index (χ1v) is 7.97. The predicted octanol–water partition coefficient (Wildman–Crippen LogP) is 4.10. The van der Waals surface area contributed by atoms with Crippen LogP contribution in [0, 0.1) is 0 Å². The van der Waals surface area contributed by atoms with Crippen LogP contribution in [-0.4, -0.2) is 23.1 Å². The molecule has 1 aliphatic heterocycles. The summed E-state index contributed by atoms with van der Waals surface area (Å²) in [5.41, 5.74) is 7.53. The lowest BCUT2D eigenvalue weighted by Gasteiger charge is -2.28. The Balaban J connectivity index is 1.87. The molecule has 22 heavy (non-hydrogen) atoms. The van der Waals surface area contributed by atoms with E-state index in [2.05, 4.69) is 20.2 Å². The number of benzene rings is 1. The third kappa shape index (κ3) is 3.36. The van der Waals surface area contributed by atoms with E-state index in [9.17, 15) is 0 Å². The summed E-state index contributed by atoms with van der Waals surface area (Å²) in [6, 6.07) is 5.22. The van der Waals surface area contributed by atoms with Crippen LogP contribution in [0.3, 0.4) is 0 Å². The molecule has 0 unspecified atom stereocenters. The molecule has 0 atom stereocenters. The number of nitrogens with two attached hydrogens (primary N) is 1. The smallest absolute Gasteiger partial charge is 0.159 e. The van der Waals surface area contributed by atoms with Gasteiger partial charge in [-0.1, -0.05) is 23.2 Å². The SMILES string of the molecule is Nc1c(Nc2cc(Cl)cc(Cl)c2)ncnc1N1CCCCC1. The summed E-state index contributed by atoms with van der Waals surface area (Å²) in [6.07, 6.45) is 5.11. The van der Waals surface area contributed by atoms with E-state index in [0.29, 0.717) is 21.6 Å². The van der Waals surface area contributed by atoms with Gasteiger partial charge in [-0.15, -0.1) is 0 Å².